The summed E-state index contributed by atoms with van der Waals surface area (Å²) in [5.74, 6) is 3.78. The molecule has 2 nitrogen and oxygen atoms in total. The number of fused-ring (bicyclic) bond motifs is 4. The monoisotopic (exact) mass is 770 g/mol. The number of allylic oxidation sites excluding steroid dienone is 5. The van der Waals surface area contributed by atoms with E-state index in [0.29, 0.717) is 11.8 Å². The van der Waals surface area contributed by atoms with Crippen LogP contribution in [-0.2, 0) is 5.41 Å². The van der Waals surface area contributed by atoms with Gasteiger partial charge in [0.2, 0.25) is 0 Å². The van der Waals surface area contributed by atoms with Crippen molar-refractivity contribution in [1.82, 2.24) is 9.97 Å². The Balaban J connectivity index is 0.990. The fourth-order valence-electron chi connectivity index (χ4n) is 12.5. The van der Waals surface area contributed by atoms with Crippen LogP contribution < -0.4 is 0 Å². The molecular formula is C58H46N2. The first kappa shape index (κ1) is 35.3. The van der Waals surface area contributed by atoms with E-state index in [4.69, 9.17) is 9.97 Å². The van der Waals surface area contributed by atoms with Gasteiger partial charge in [-0.15, -0.1) is 0 Å². The van der Waals surface area contributed by atoms with Crippen molar-refractivity contribution < 1.29 is 0 Å². The number of para-hydroxylation sites is 1. The van der Waals surface area contributed by atoms with Gasteiger partial charge in [0.05, 0.1) is 11.2 Å². The summed E-state index contributed by atoms with van der Waals surface area (Å²) >= 11 is 0. The Kier molecular flexibility index (Phi) is 8.23. The van der Waals surface area contributed by atoms with Gasteiger partial charge in [-0.25, -0.2) is 9.97 Å². The summed E-state index contributed by atoms with van der Waals surface area (Å²) in [5.41, 5.74) is 16.1. The third kappa shape index (κ3) is 5.47. The Bertz CT molecular complexity index is 3030. The van der Waals surface area contributed by atoms with E-state index >= 15 is 0 Å². The lowest BCUT2D eigenvalue weighted by Gasteiger charge is -2.61. The van der Waals surface area contributed by atoms with Crippen molar-refractivity contribution in [3.8, 4) is 44.9 Å². The smallest absolute Gasteiger partial charge is 0.160 e. The average molecular weight is 771 g/mol. The molecule has 2 heteroatoms. The second-order valence-electron chi connectivity index (χ2n) is 17.8. The van der Waals surface area contributed by atoms with Crippen LogP contribution >= 0.6 is 0 Å². The number of aromatic nitrogens is 2. The van der Waals surface area contributed by atoms with Gasteiger partial charge in [-0.1, -0.05) is 170 Å². The highest BCUT2D eigenvalue weighted by molar-refractivity contribution is 6.13. The van der Waals surface area contributed by atoms with Gasteiger partial charge in [0, 0.05) is 21.9 Å². The highest BCUT2D eigenvalue weighted by Crippen LogP contribution is 2.71. The van der Waals surface area contributed by atoms with Crippen molar-refractivity contribution >= 4 is 32.8 Å². The Morgan fingerprint density at radius 3 is 1.85 bits per heavy atom. The summed E-state index contributed by atoms with van der Waals surface area (Å²) < 4.78 is 0. The molecule has 4 saturated carbocycles. The van der Waals surface area contributed by atoms with Crippen LogP contribution in [-0.4, -0.2) is 9.97 Å². The molecule has 1 heterocycles. The lowest BCUT2D eigenvalue weighted by atomic mass is 9.42. The number of benzene rings is 7. The van der Waals surface area contributed by atoms with Gasteiger partial charge >= 0.3 is 0 Å². The molecule has 1 spiro atoms. The highest BCUT2D eigenvalue weighted by atomic mass is 14.9. The van der Waals surface area contributed by atoms with Gasteiger partial charge in [-0.05, 0) is 135 Å². The Hall–Kier alpha value is -6.64. The molecule has 1 aromatic heterocycles. The zero-order chi connectivity index (χ0) is 39.8. The van der Waals surface area contributed by atoms with Gasteiger partial charge in [0.1, 0.15) is 0 Å². The summed E-state index contributed by atoms with van der Waals surface area (Å²) in [5, 5.41) is 3.73. The van der Waals surface area contributed by atoms with E-state index in [1.807, 2.05) is 6.08 Å². The molecule has 0 saturated heterocycles. The van der Waals surface area contributed by atoms with Crippen molar-refractivity contribution in [2.75, 3.05) is 0 Å². The molecule has 7 aromatic carbocycles. The lowest BCUT2D eigenvalue weighted by molar-refractivity contribution is -0.0324. The molecule has 0 amide bonds. The van der Waals surface area contributed by atoms with E-state index in [1.54, 1.807) is 11.1 Å². The predicted octanol–water partition coefficient (Wildman–Crippen LogP) is 14.8. The maximum atomic E-state index is 5.31. The molecular weight excluding hydrogens is 725 g/mol. The molecule has 0 atom stereocenters. The topological polar surface area (TPSA) is 25.8 Å². The van der Waals surface area contributed by atoms with Crippen molar-refractivity contribution in [1.29, 1.82) is 0 Å². The van der Waals surface area contributed by atoms with Crippen molar-refractivity contribution in [2.45, 2.75) is 37.5 Å². The second kappa shape index (κ2) is 14.0. The molecule has 4 fully saturated rings. The summed E-state index contributed by atoms with van der Waals surface area (Å²) in [6.07, 6.45) is 13.3. The molecule has 288 valence electrons. The average Bonchev–Trinajstić information content (AvgIpc) is 3.60. The van der Waals surface area contributed by atoms with E-state index in [0.717, 1.165) is 45.4 Å². The van der Waals surface area contributed by atoms with Crippen LogP contribution in [0.4, 0.5) is 0 Å². The fraction of sp³-hybridized carbons (Fsp3) is 0.172. The number of nitrogens with zero attached hydrogens (tertiary/aromatic N) is 2. The molecule has 4 bridgehead atoms. The highest BCUT2D eigenvalue weighted by Gasteiger charge is 2.62. The van der Waals surface area contributed by atoms with Crippen LogP contribution in [0.5, 0.6) is 0 Å². The van der Waals surface area contributed by atoms with E-state index in [-0.39, 0.29) is 5.41 Å². The Labute approximate surface area is 352 Å². The summed E-state index contributed by atoms with van der Waals surface area (Å²) in [6.45, 7) is 4.14. The third-order valence-corrected chi connectivity index (χ3v) is 14.6. The van der Waals surface area contributed by atoms with E-state index in [9.17, 15) is 0 Å². The van der Waals surface area contributed by atoms with Crippen molar-refractivity contribution in [2.24, 2.45) is 23.7 Å². The first-order valence-electron chi connectivity index (χ1n) is 21.9. The third-order valence-electron chi connectivity index (χ3n) is 14.6. The normalized spacial score (nSPS) is 22.7. The molecule has 0 radical (unpaired) electrons. The van der Waals surface area contributed by atoms with Crippen LogP contribution in [0.2, 0.25) is 0 Å². The number of hydrogen-bond acceptors (Lipinski definition) is 2. The first-order valence-corrected chi connectivity index (χ1v) is 21.9. The second-order valence-corrected chi connectivity index (χ2v) is 17.8. The number of rotatable bonds is 7. The van der Waals surface area contributed by atoms with Gasteiger partial charge in [0.25, 0.3) is 0 Å². The Morgan fingerprint density at radius 2 is 1.10 bits per heavy atom. The zero-order valence-corrected chi connectivity index (χ0v) is 33.8. The minimum atomic E-state index is 0.00271. The molecule has 5 aliphatic rings. The molecule has 13 rings (SSSR count). The number of hydrogen-bond donors (Lipinski definition) is 0. The molecule has 0 aliphatic heterocycles. The molecule has 5 aliphatic carbocycles. The Morgan fingerprint density at radius 1 is 0.500 bits per heavy atom. The van der Waals surface area contributed by atoms with Gasteiger partial charge in [-0.3, -0.25) is 0 Å². The van der Waals surface area contributed by atoms with E-state index < -0.39 is 0 Å². The SMILES string of the molecule is C=C/C=C\C1=C(c2cccc(-c3cccc(-c4nc(-c5ccc(-c6ccccc6)cc5)c5ccccc5n4)c3)c2)C2(c3ccc4ccccc4c31)C1CC3CC(C1)CC2C3. The standard InChI is InChI=1S/C58H46N2/c1-2-3-20-51-54-49-21-8-7-15-41(49)28-29-52(54)58(47-31-37-30-38(33-47)34-48(58)32-37)55(51)45-18-11-16-43(35-45)44-17-12-19-46(36-44)57-59-53-23-10-9-22-50(53)56(60-57)42-26-24-40(25-27-42)39-13-5-4-6-14-39/h2-29,35-38,47-48H,1,30-34H2/b20-3-. The van der Waals surface area contributed by atoms with Gasteiger partial charge < -0.3 is 0 Å². The fourth-order valence-corrected chi connectivity index (χ4v) is 12.5. The predicted molar refractivity (Wildman–Crippen MR) is 250 cm³/mol. The van der Waals surface area contributed by atoms with Crippen LogP contribution in [0.25, 0.3) is 77.7 Å². The maximum absolute atomic E-state index is 5.31. The van der Waals surface area contributed by atoms with Crippen molar-refractivity contribution in [3.05, 3.63) is 205 Å². The summed E-state index contributed by atoms with van der Waals surface area (Å²) in [4.78, 5) is 10.5. The summed E-state index contributed by atoms with van der Waals surface area (Å²) in [6, 6.07) is 59.9. The zero-order valence-electron chi connectivity index (χ0n) is 33.8. The minimum Gasteiger partial charge on any atom is -0.228 e. The van der Waals surface area contributed by atoms with Gasteiger partial charge in [0.15, 0.2) is 5.82 Å². The van der Waals surface area contributed by atoms with Crippen molar-refractivity contribution in [3.63, 3.8) is 0 Å². The maximum Gasteiger partial charge on any atom is 0.160 e. The molecule has 60 heavy (non-hydrogen) atoms. The van der Waals surface area contributed by atoms with Crippen LogP contribution in [0.1, 0.15) is 48.8 Å². The van der Waals surface area contributed by atoms with Crippen LogP contribution in [0, 0.1) is 23.7 Å². The summed E-state index contributed by atoms with van der Waals surface area (Å²) in [7, 11) is 0. The van der Waals surface area contributed by atoms with Crippen LogP contribution in [0.15, 0.2) is 189 Å². The largest absolute Gasteiger partial charge is 0.228 e. The first-order chi connectivity index (χ1) is 29.7. The van der Waals surface area contributed by atoms with Crippen LogP contribution in [0.3, 0.4) is 0 Å². The quantitative estimate of drug-likeness (QED) is 0.151. The minimum absolute atomic E-state index is 0.00271. The lowest BCUT2D eigenvalue weighted by Crippen LogP contribution is -2.55. The molecule has 0 unspecified atom stereocenters. The van der Waals surface area contributed by atoms with Gasteiger partial charge in [-0.2, -0.15) is 0 Å². The molecule has 0 N–H and O–H groups in total. The molecule has 8 aromatic rings. The van der Waals surface area contributed by atoms with E-state index in [2.05, 4.69) is 183 Å². The van der Waals surface area contributed by atoms with E-state index in [1.165, 1.54) is 81.8 Å².